The lowest BCUT2D eigenvalue weighted by Crippen LogP contribution is -2.14. The van der Waals surface area contributed by atoms with Gasteiger partial charge < -0.3 is 10.6 Å². The van der Waals surface area contributed by atoms with E-state index < -0.39 is 4.92 Å². The second-order valence-corrected chi connectivity index (χ2v) is 6.62. The molecule has 0 unspecified atom stereocenters. The van der Waals surface area contributed by atoms with Gasteiger partial charge in [0, 0.05) is 6.04 Å². The van der Waals surface area contributed by atoms with Gasteiger partial charge in [0.1, 0.15) is 6.33 Å². The van der Waals surface area contributed by atoms with E-state index in [0.717, 1.165) is 15.8 Å². The van der Waals surface area contributed by atoms with Gasteiger partial charge in [0.05, 0.1) is 15.1 Å². The van der Waals surface area contributed by atoms with Crippen molar-refractivity contribution in [2.45, 2.75) is 26.8 Å². The van der Waals surface area contributed by atoms with Crippen LogP contribution in [0.5, 0.6) is 0 Å². The number of hydrogen-bond donors (Lipinski definition) is 2. The first kappa shape index (κ1) is 16.1. The molecule has 2 N–H and O–H groups in total. The molecule has 0 radical (unpaired) electrons. The summed E-state index contributed by atoms with van der Waals surface area (Å²) in [6.45, 7) is 5.77. The largest absolute Gasteiger partial charge is 0.362 e. The Labute approximate surface area is 142 Å². The van der Waals surface area contributed by atoms with Crippen LogP contribution in [0.2, 0.25) is 0 Å². The number of aromatic nitrogens is 3. The molecule has 2 heterocycles. The molecule has 0 saturated heterocycles. The molecule has 1 aromatic carbocycles. The molecule has 9 heteroatoms. The van der Waals surface area contributed by atoms with Crippen LogP contribution in [-0.4, -0.2) is 25.9 Å². The number of nitrogens with zero attached hydrogens (tertiary/aromatic N) is 4. The lowest BCUT2D eigenvalue weighted by Gasteiger charge is -2.10. The van der Waals surface area contributed by atoms with Crippen molar-refractivity contribution in [1.29, 1.82) is 0 Å². The molecule has 0 bridgehead atoms. The lowest BCUT2D eigenvalue weighted by atomic mass is 10.2. The van der Waals surface area contributed by atoms with Gasteiger partial charge in [-0.2, -0.15) is 0 Å². The van der Waals surface area contributed by atoms with Gasteiger partial charge in [-0.3, -0.25) is 10.1 Å². The molecule has 8 nitrogen and oxygen atoms in total. The standard InChI is InChI=1S/C15H16N6O2S/c1-8(2)18-13-12(21(22)23)14(17-7-16-13)20-15-19-10-5-4-9(3)6-11(10)24-15/h4-8H,1-3H3,(H2,16,17,18,19,20). The summed E-state index contributed by atoms with van der Waals surface area (Å²) in [5, 5.41) is 17.9. The van der Waals surface area contributed by atoms with E-state index in [9.17, 15) is 10.1 Å². The molecule has 2 aromatic heterocycles. The lowest BCUT2D eigenvalue weighted by molar-refractivity contribution is -0.383. The summed E-state index contributed by atoms with van der Waals surface area (Å²) in [7, 11) is 0. The van der Waals surface area contributed by atoms with Gasteiger partial charge in [-0.25, -0.2) is 15.0 Å². The summed E-state index contributed by atoms with van der Waals surface area (Å²) in [6.07, 6.45) is 1.29. The second-order valence-electron chi connectivity index (χ2n) is 5.59. The van der Waals surface area contributed by atoms with Gasteiger partial charge in [-0.15, -0.1) is 0 Å². The van der Waals surface area contributed by atoms with Crippen molar-refractivity contribution in [2.24, 2.45) is 0 Å². The molecule has 0 fully saturated rings. The highest BCUT2D eigenvalue weighted by molar-refractivity contribution is 7.22. The Morgan fingerprint density at radius 2 is 2.00 bits per heavy atom. The Morgan fingerprint density at radius 3 is 2.71 bits per heavy atom. The van der Waals surface area contributed by atoms with Crippen molar-refractivity contribution in [3.8, 4) is 0 Å². The van der Waals surface area contributed by atoms with Crippen LogP contribution in [0.25, 0.3) is 10.2 Å². The van der Waals surface area contributed by atoms with Crippen molar-refractivity contribution < 1.29 is 4.92 Å². The third-order valence-corrected chi connectivity index (χ3v) is 4.13. The van der Waals surface area contributed by atoms with Crippen LogP contribution in [0.1, 0.15) is 19.4 Å². The van der Waals surface area contributed by atoms with Gasteiger partial charge in [0.2, 0.25) is 11.6 Å². The fraction of sp³-hybridized carbons (Fsp3) is 0.267. The summed E-state index contributed by atoms with van der Waals surface area (Å²) < 4.78 is 1.01. The van der Waals surface area contributed by atoms with Crippen LogP contribution in [0.4, 0.5) is 22.5 Å². The van der Waals surface area contributed by atoms with Crippen LogP contribution < -0.4 is 10.6 Å². The van der Waals surface area contributed by atoms with Gasteiger partial charge in [0.25, 0.3) is 0 Å². The molecular weight excluding hydrogens is 328 g/mol. The van der Waals surface area contributed by atoms with Crippen molar-refractivity contribution in [2.75, 3.05) is 10.6 Å². The molecule has 0 aliphatic heterocycles. The predicted molar refractivity (Wildman–Crippen MR) is 95.1 cm³/mol. The van der Waals surface area contributed by atoms with E-state index in [4.69, 9.17) is 0 Å². The van der Waals surface area contributed by atoms with E-state index in [2.05, 4.69) is 25.6 Å². The number of fused-ring (bicyclic) bond motifs is 1. The monoisotopic (exact) mass is 344 g/mol. The zero-order valence-electron chi connectivity index (χ0n) is 13.4. The normalized spacial score (nSPS) is 11.0. The third kappa shape index (κ3) is 3.25. The quantitative estimate of drug-likeness (QED) is 0.534. The van der Waals surface area contributed by atoms with E-state index in [1.807, 2.05) is 39.0 Å². The number of anilines is 3. The highest BCUT2D eigenvalue weighted by atomic mass is 32.1. The van der Waals surface area contributed by atoms with Gasteiger partial charge in [0.15, 0.2) is 5.13 Å². The first-order valence-electron chi connectivity index (χ1n) is 7.34. The number of hydrogen-bond acceptors (Lipinski definition) is 8. The molecule has 0 spiro atoms. The Bertz CT molecular complexity index is 908. The molecule has 0 atom stereocenters. The molecule has 0 saturated carbocycles. The average Bonchev–Trinajstić information content (AvgIpc) is 2.87. The molecule has 0 amide bonds. The number of aryl methyl sites for hydroxylation is 1. The number of nitro groups is 1. The zero-order chi connectivity index (χ0) is 17.3. The minimum atomic E-state index is -0.496. The Hall–Kier alpha value is -2.81. The topological polar surface area (TPSA) is 106 Å². The van der Waals surface area contributed by atoms with E-state index in [0.29, 0.717) is 5.13 Å². The summed E-state index contributed by atoms with van der Waals surface area (Å²) in [6, 6.07) is 5.94. The molecule has 3 rings (SSSR count). The van der Waals surface area contributed by atoms with E-state index in [1.54, 1.807) is 0 Å². The van der Waals surface area contributed by atoms with Crippen molar-refractivity contribution in [3.63, 3.8) is 0 Å². The maximum atomic E-state index is 11.5. The minimum Gasteiger partial charge on any atom is -0.362 e. The summed E-state index contributed by atoms with van der Waals surface area (Å²) >= 11 is 1.42. The van der Waals surface area contributed by atoms with E-state index >= 15 is 0 Å². The van der Waals surface area contributed by atoms with Crippen LogP contribution in [0.3, 0.4) is 0 Å². The SMILES string of the molecule is Cc1ccc2nc(Nc3ncnc(NC(C)C)c3[N+](=O)[O-])sc2c1. The highest BCUT2D eigenvalue weighted by Gasteiger charge is 2.24. The third-order valence-electron chi connectivity index (χ3n) is 3.20. The molecule has 0 aliphatic rings. The molecule has 3 aromatic rings. The van der Waals surface area contributed by atoms with E-state index in [-0.39, 0.29) is 23.4 Å². The fourth-order valence-corrected chi connectivity index (χ4v) is 3.17. The molecule has 0 aliphatic carbocycles. The summed E-state index contributed by atoms with van der Waals surface area (Å²) in [4.78, 5) is 23.4. The van der Waals surface area contributed by atoms with Crippen LogP contribution >= 0.6 is 11.3 Å². The van der Waals surface area contributed by atoms with Crippen molar-refractivity contribution >= 4 is 44.0 Å². The smallest absolute Gasteiger partial charge is 0.353 e. The fourth-order valence-electron chi connectivity index (χ4n) is 2.21. The predicted octanol–water partition coefficient (Wildman–Crippen LogP) is 3.87. The number of nitrogens with one attached hydrogen (secondary N) is 2. The number of benzene rings is 1. The minimum absolute atomic E-state index is 0.0110. The van der Waals surface area contributed by atoms with E-state index in [1.165, 1.54) is 17.7 Å². The van der Waals surface area contributed by atoms with Crippen LogP contribution in [0.15, 0.2) is 24.5 Å². The molecule has 24 heavy (non-hydrogen) atoms. The number of thiazole rings is 1. The maximum Gasteiger partial charge on any atom is 0.353 e. The van der Waals surface area contributed by atoms with Gasteiger partial charge >= 0.3 is 5.69 Å². The second kappa shape index (κ2) is 6.36. The zero-order valence-corrected chi connectivity index (χ0v) is 14.2. The van der Waals surface area contributed by atoms with Crippen LogP contribution in [0, 0.1) is 17.0 Å². The Balaban J connectivity index is 2.00. The van der Waals surface area contributed by atoms with Crippen molar-refractivity contribution in [3.05, 3.63) is 40.2 Å². The Kier molecular flexibility index (Phi) is 4.26. The molecule has 124 valence electrons. The first-order valence-corrected chi connectivity index (χ1v) is 8.16. The molecular formula is C15H16N6O2S. The summed E-state index contributed by atoms with van der Waals surface area (Å²) in [5.41, 5.74) is 1.78. The average molecular weight is 344 g/mol. The van der Waals surface area contributed by atoms with Crippen LogP contribution in [-0.2, 0) is 0 Å². The highest BCUT2D eigenvalue weighted by Crippen LogP contribution is 2.34. The maximum absolute atomic E-state index is 11.5. The first-order chi connectivity index (χ1) is 11.4. The number of rotatable bonds is 5. The van der Waals surface area contributed by atoms with Crippen molar-refractivity contribution in [1.82, 2.24) is 15.0 Å². The van der Waals surface area contributed by atoms with Gasteiger partial charge in [-0.1, -0.05) is 17.4 Å². The Morgan fingerprint density at radius 1 is 1.25 bits per heavy atom. The summed E-state index contributed by atoms with van der Waals surface area (Å²) in [5.74, 6) is 0.304. The van der Waals surface area contributed by atoms with Gasteiger partial charge in [-0.05, 0) is 38.5 Å².